The molecule has 0 radical (unpaired) electrons. The van der Waals surface area contributed by atoms with Crippen LogP contribution in [-0.2, 0) is 15.8 Å². The molecule has 0 atom stereocenters. The van der Waals surface area contributed by atoms with Gasteiger partial charge in [-0.2, -0.15) is 0 Å². The number of carboxylic acids is 1. The first-order valence-electron chi connectivity index (χ1n) is 5.33. The number of aliphatic carboxylic acids is 1. The lowest BCUT2D eigenvalue weighted by molar-refractivity contribution is -0.385. The third kappa shape index (κ3) is 10.2. The van der Waals surface area contributed by atoms with E-state index in [1.165, 1.54) is 6.07 Å². The van der Waals surface area contributed by atoms with Gasteiger partial charge in [0.2, 0.25) is 0 Å². The van der Waals surface area contributed by atoms with Crippen molar-refractivity contribution in [3.63, 3.8) is 0 Å². The van der Waals surface area contributed by atoms with Crippen LogP contribution < -0.4 is 0 Å². The molecule has 0 aliphatic rings. The van der Waals surface area contributed by atoms with Gasteiger partial charge in [0, 0.05) is 18.1 Å². The van der Waals surface area contributed by atoms with Crippen molar-refractivity contribution >= 4 is 19.5 Å². The molecule has 1 aromatic carbocycles. The summed E-state index contributed by atoms with van der Waals surface area (Å²) in [5, 5.41) is 19.0. The molecule has 0 aliphatic heterocycles. The summed E-state index contributed by atoms with van der Waals surface area (Å²) >= 11 is 0. The van der Waals surface area contributed by atoms with Gasteiger partial charge in [-0.05, 0) is 12.8 Å². The second-order valence-electron chi connectivity index (χ2n) is 3.65. The van der Waals surface area contributed by atoms with Crippen LogP contribution in [0.3, 0.4) is 0 Å². The summed E-state index contributed by atoms with van der Waals surface area (Å²) in [7, 11) is -4.64. The fourth-order valence-electron chi connectivity index (χ4n) is 1.33. The molecule has 0 bridgehead atoms. The molecule has 0 saturated carbocycles. The Kier molecular flexibility index (Phi) is 7.63. The average Bonchev–Trinajstić information content (AvgIpc) is 2.26. The number of rotatable bonds is 5. The van der Waals surface area contributed by atoms with Gasteiger partial charge in [-0.15, -0.1) is 0 Å². The molecular formula is C10H14NO8P. The molecule has 9 nitrogen and oxygen atoms in total. The molecule has 112 valence electrons. The molecular weight excluding hydrogens is 293 g/mol. The number of aryl methyl sites for hydroxylation is 1. The molecule has 0 aliphatic carbocycles. The molecule has 0 fully saturated rings. The minimum atomic E-state index is -4.64. The third-order valence-corrected chi connectivity index (χ3v) is 2.03. The van der Waals surface area contributed by atoms with E-state index >= 15 is 0 Å². The Hall–Kier alpha value is -1.80. The lowest BCUT2D eigenvalue weighted by Crippen LogP contribution is -1.98. The van der Waals surface area contributed by atoms with Crippen molar-refractivity contribution < 1.29 is 34.1 Å². The second-order valence-corrected chi connectivity index (χ2v) is 4.67. The summed E-state index contributed by atoms with van der Waals surface area (Å²) in [5.41, 5.74) is 0.645. The molecule has 0 amide bonds. The van der Waals surface area contributed by atoms with Gasteiger partial charge in [-0.1, -0.05) is 18.2 Å². The van der Waals surface area contributed by atoms with Crippen molar-refractivity contribution in [1.29, 1.82) is 0 Å². The van der Waals surface area contributed by atoms with Gasteiger partial charge in [0.15, 0.2) is 0 Å². The third-order valence-electron chi connectivity index (χ3n) is 2.03. The summed E-state index contributed by atoms with van der Waals surface area (Å²) in [6.45, 7) is 0. The lowest BCUT2D eigenvalue weighted by Gasteiger charge is -2.00. The molecule has 0 saturated heterocycles. The van der Waals surface area contributed by atoms with E-state index in [9.17, 15) is 14.9 Å². The van der Waals surface area contributed by atoms with Crippen LogP contribution in [0.1, 0.15) is 18.4 Å². The minimum absolute atomic E-state index is 0.0338. The van der Waals surface area contributed by atoms with Gasteiger partial charge >= 0.3 is 13.8 Å². The number of phosphoric acid groups is 1. The monoisotopic (exact) mass is 307 g/mol. The quantitative estimate of drug-likeness (QED) is 0.357. The number of nitro benzene ring substituents is 1. The molecule has 4 N–H and O–H groups in total. The van der Waals surface area contributed by atoms with Crippen molar-refractivity contribution in [3.05, 3.63) is 39.9 Å². The first-order valence-corrected chi connectivity index (χ1v) is 6.90. The Balaban J connectivity index is 0.000000621. The van der Waals surface area contributed by atoms with E-state index < -0.39 is 18.7 Å². The van der Waals surface area contributed by atoms with Crippen LogP contribution in [0.2, 0.25) is 0 Å². The summed E-state index contributed by atoms with van der Waals surface area (Å²) in [4.78, 5) is 42.0. The van der Waals surface area contributed by atoms with Gasteiger partial charge in [-0.3, -0.25) is 14.9 Å². The SMILES string of the molecule is O=C(O)CCCc1ccccc1[N+](=O)[O-].O=P(O)(O)O. The van der Waals surface area contributed by atoms with Crippen LogP contribution in [0.25, 0.3) is 0 Å². The Labute approximate surface area is 113 Å². The van der Waals surface area contributed by atoms with Gasteiger partial charge in [0.05, 0.1) is 4.92 Å². The smallest absolute Gasteiger partial charge is 0.466 e. The Bertz CT molecular complexity index is 503. The molecule has 0 aromatic heterocycles. The Morgan fingerprint density at radius 3 is 2.20 bits per heavy atom. The van der Waals surface area contributed by atoms with Crippen LogP contribution in [0, 0.1) is 10.1 Å². The fraction of sp³-hybridized carbons (Fsp3) is 0.300. The molecule has 0 spiro atoms. The van der Waals surface area contributed by atoms with Crippen LogP contribution in [0.4, 0.5) is 5.69 Å². The van der Waals surface area contributed by atoms with E-state index in [0.717, 1.165) is 0 Å². The van der Waals surface area contributed by atoms with E-state index in [-0.39, 0.29) is 12.1 Å². The van der Waals surface area contributed by atoms with Crippen molar-refractivity contribution in [1.82, 2.24) is 0 Å². The molecule has 0 heterocycles. The van der Waals surface area contributed by atoms with Crippen molar-refractivity contribution in [2.24, 2.45) is 0 Å². The van der Waals surface area contributed by atoms with Crippen LogP contribution >= 0.6 is 7.82 Å². The first-order chi connectivity index (χ1) is 9.11. The summed E-state index contributed by atoms with van der Waals surface area (Å²) in [5.74, 6) is -0.881. The number of para-hydroxylation sites is 1. The van der Waals surface area contributed by atoms with Crippen LogP contribution in [0.15, 0.2) is 24.3 Å². The number of hydrogen-bond donors (Lipinski definition) is 4. The number of nitro groups is 1. The van der Waals surface area contributed by atoms with E-state index in [0.29, 0.717) is 18.4 Å². The standard InChI is InChI=1S/C10H11NO4.H3O4P/c12-10(13)7-3-5-8-4-1-2-6-9(8)11(14)15;1-5(2,3)4/h1-2,4,6H,3,5,7H2,(H,12,13);(H3,1,2,3,4). The topological polar surface area (TPSA) is 158 Å². The summed E-state index contributed by atoms with van der Waals surface area (Å²) in [6.07, 6.45) is 0.871. The van der Waals surface area contributed by atoms with E-state index in [1.807, 2.05) is 0 Å². The predicted molar refractivity (Wildman–Crippen MR) is 67.9 cm³/mol. The van der Waals surface area contributed by atoms with Crippen molar-refractivity contribution in [2.75, 3.05) is 0 Å². The molecule has 1 rings (SSSR count). The van der Waals surface area contributed by atoms with Gasteiger partial charge in [0.25, 0.3) is 5.69 Å². The van der Waals surface area contributed by atoms with Crippen molar-refractivity contribution in [2.45, 2.75) is 19.3 Å². The Morgan fingerprint density at radius 2 is 1.75 bits per heavy atom. The molecule has 20 heavy (non-hydrogen) atoms. The number of hydrogen-bond acceptors (Lipinski definition) is 4. The average molecular weight is 307 g/mol. The largest absolute Gasteiger partial charge is 0.481 e. The number of benzene rings is 1. The summed E-state index contributed by atoms with van der Waals surface area (Å²) < 4.78 is 8.88. The van der Waals surface area contributed by atoms with Crippen molar-refractivity contribution in [3.8, 4) is 0 Å². The second kappa shape index (κ2) is 8.39. The van der Waals surface area contributed by atoms with Crippen LogP contribution in [-0.4, -0.2) is 30.7 Å². The molecule has 10 heteroatoms. The van der Waals surface area contributed by atoms with Gasteiger partial charge < -0.3 is 19.8 Å². The van der Waals surface area contributed by atoms with E-state index in [2.05, 4.69) is 0 Å². The number of carbonyl (C=O) groups is 1. The van der Waals surface area contributed by atoms with Gasteiger partial charge in [-0.25, -0.2) is 4.57 Å². The van der Waals surface area contributed by atoms with E-state index in [1.54, 1.807) is 18.2 Å². The fourth-order valence-corrected chi connectivity index (χ4v) is 1.33. The highest BCUT2D eigenvalue weighted by Gasteiger charge is 2.11. The zero-order chi connectivity index (χ0) is 15.8. The normalized spacial score (nSPS) is 10.3. The highest BCUT2D eigenvalue weighted by Crippen LogP contribution is 2.25. The Morgan fingerprint density at radius 1 is 1.25 bits per heavy atom. The highest BCUT2D eigenvalue weighted by atomic mass is 31.2. The zero-order valence-corrected chi connectivity index (χ0v) is 11.1. The first kappa shape index (κ1) is 18.2. The maximum atomic E-state index is 10.6. The molecule has 1 aromatic rings. The summed E-state index contributed by atoms with van der Waals surface area (Å²) in [6, 6.07) is 6.39. The highest BCUT2D eigenvalue weighted by molar-refractivity contribution is 7.45. The number of carboxylic acid groups (broad SMARTS) is 1. The van der Waals surface area contributed by atoms with Crippen LogP contribution in [0.5, 0.6) is 0 Å². The van der Waals surface area contributed by atoms with E-state index in [4.69, 9.17) is 24.4 Å². The molecule has 0 unspecified atom stereocenters. The zero-order valence-electron chi connectivity index (χ0n) is 10.2. The maximum absolute atomic E-state index is 10.6. The minimum Gasteiger partial charge on any atom is -0.481 e. The van der Waals surface area contributed by atoms with Gasteiger partial charge in [0.1, 0.15) is 0 Å². The maximum Gasteiger partial charge on any atom is 0.466 e. The lowest BCUT2D eigenvalue weighted by atomic mass is 10.1. The predicted octanol–water partition coefficient (Wildman–Crippen LogP) is 1.07. The number of nitrogens with zero attached hydrogens (tertiary/aromatic N) is 1.